The molecule has 6 heterocycles. The van der Waals surface area contributed by atoms with Crippen molar-refractivity contribution in [1.29, 1.82) is 0 Å². The van der Waals surface area contributed by atoms with Gasteiger partial charge in [-0.05, 0) is 319 Å². The number of hydrogen-bond acceptors (Lipinski definition) is 5. The number of fused-ring (bicyclic) bond motifs is 15. The van der Waals surface area contributed by atoms with Gasteiger partial charge >= 0.3 is 0 Å². The standard InChI is InChI=1S/C109H98N6/c1-108(2)96-32-13-11-30-82(96)83-45-37-75(64-98(83)108)105-88-48-41-77(110-52-17-5-18-53-110)66-92(88)104(87-47-40-78(67-93(87)105)111-54-19-6-20-55-111)74-39-51-103-91(62-74)86-31-12-16-35-102(86)114(103)81-29-25-28-70(61-81)71-36-44-84-85-46-38-76(65-99(85)109(3,4)97(84)63-71)106-89-49-42-80(113-58-23-8-24-59-113)69-95(89)107(90-50-43-79(68-94(90)106)112-56-21-7-22-57-112)115-100-33-14-9-26-72(100)60-73-27-10-15-34-101(73)115/h9-16,25-51,61-69H,5-8,17-24,52-60H2,1-4H3. The molecule has 0 radical (unpaired) electrons. The molecular formula is C109H98N6. The van der Waals surface area contributed by atoms with Gasteiger partial charge in [0.25, 0.3) is 0 Å². The summed E-state index contributed by atoms with van der Waals surface area (Å²) in [5.41, 5.74) is 36.2. The predicted octanol–water partition coefficient (Wildman–Crippen LogP) is 28.0. The Morgan fingerprint density at radius 3 is 1.17 bits per heavy atom. The predicted molar refractivity (Wildman–Crippen MR) is 489 cm³/mol. The Hall–Kier alpha value is -11.9. The highest BCUT2D eigenvalue weighted by molar-refractivity contribution is 6.26. The van der Waals surface area contributed by atoms with Gasteiger partial charge in [-0.25, -0.2) is 0 Å². The Morgan fingerprint density at radius 2 is 0.626 bits per heavy atom. The smallest absolute Gasteiger partial charge is 0.0619 e. The molecule has 23 rings (SSSR count). The van der Waals surface area contributed by atoms with Gasteiger partial charge in [0, 0.05) is 131 Å². The van der Waals surface area contributed by atoms with E-state index >= 15 is 0 Å². The van der Waals surface area contributed by atoms with Crippen LogP contribution < -0.4 is 24.5 Å². The molecule has 0 saturated carbocycles. The lowest BCUT2D eigenvalue weighted by molar-refractivity contribution is 0.578. The molecule has 0 unspecified atom stereocenters. The number of anilines is 7. The average Bonchev–Trinajstić information content (AvgIpc) is 0.867. The number of benzene rings is 15. The van der Waals surface area contributed by atoms with Crippen LogP contribution in [0.1, 0.15) is 138 Å². The summed E-state index contributed by atoms with van der Waals surface area (Å²) >= 11 is 0. The molecule has 7 aliphatic rings. The van der Waals surface area contributed by atoms with Gasteiger partial charge in [0.2, 0.25) is 0 Å². The third kappa shape index (κ3) is 10.9. The van der Waals surface area contributed by atoms with E-state index in [0.29, 0.717) is 0 Å². The van der Waals surface area contributed by atoms with Crippen LogP contribution in [0.2, 0.25) is 0 Å². The third-order valence-electron chi connectivity index (χ3n) is 28.3. The van der Waals surface area contributed by atoms with E-state index in [1.165, 1.54) is 282 Å². The molecule has 115 heavy (non-hydrogen) atoms. The maximum Gasteiger partial charge on any atom is 0.0619 e. The van der Waals surface area contributed by atoms with Crippen LogP contribution in [0.4, 0.5) is 39.8 Å². The van der Waals surface area contributed by atoms with Crippen molar-refractivity contribution in [2.75, 3.05) is 76.9 Å². The molecule has 0 amide bonds. The van der Waals surface area contributed by atoms with Crippen molar-refractivity contribution in [3.8, 4) is 72.4 Å². The first-order valence-corrected chi connectivity index (χ1v) is 43.3. The largest absolute Gasteiger partial charge is 0.372 e. The maximum atomic E-state index is 2.65. The van der Waals surface area contributed by atoms with Gasteiger partial charge in [-0.15, -0.1) is 0 Å². The molecule has 6 nitrogen and oxygen atoms in total. The van der Waals surface area contributed by atoms with Crippen molar-refractivity contribution in [3.05, 3.63) is 300 Å². The molecule has 4 fully saturated rings. The minimum Gasteiger partial charge on any atom is -0.372 e. The summed E-state index contributed by atoms with van der Waals surface area (Å²) in [5, 5.41) is 13.0. The van der Waals surface area contributed by atoms with Gasteiger partial charge in [-0.2, -0.15) is 0 Å². The maximum absolute atomic E-state index is 2.65. The summed E-state index contributed by atoms with van der Waals surface area (Å²) in [6, 6.07) is 106. The lowest BCUT2D eigenvalue weighted by Crippen LogP contribution is -2.29. The molecule has 1 aromatic heterocycles. The Bertz CT molecular complexity index is 6650. The Morgan fingerprint density at radius 1 is 0.235 bits per heavy atom. The molecule has 0 N–H and O–H groups in total. The van der Waals surface area contributed by atoms with Gasteiger partial charge in [-0.3, -0.25) is 0 Å². The molecule has 4 saturated heterocycles. The van der Waals surface area contributed by atoms with Gasteiger partial charge in [0.1, 0.15) is 0 Å². The molecule has 6 heteroatoms. The molecule has 564 valence electrons. The highest BCUT2D eigenvalue weighted by Crippen LogP contribution is 2.58. The highest BCUT2D eigenvalue weighted by Gasteiger charge is 2.39. The van der Waals surface area contributed by atoms with Crippen LogP contribution in [-0.4, -0.2) is 56.9 Å². The first-order chi connectivity index (χ1) is 56.5. The van der Waals surface area contributed by atoms with E-state index in [2.05, 4.69) is 324 Å². The molecular weight excluding hydrogens is 1390 g/mol. The number of nitrogens with zero attached hydrogens (tertiary/aromatic N) is 6. The van der Waals surface area contributed by atoms with Crippen molar-refractivity contribution >= 4 is 105 Å². The Labute approximate surface area is 676 Å². The van der Waals surface area contributed by atoms with Gasteiger partial charge in [-0.1, -0.05) is 185 Å². The molecule has 2 aliphatic carbocycles. The van der Waals surface area contributed by atoms with Crippen molar-refractivity contribution < 1.29 is 0 Å². The monoisotopic (exact) mass is 1490 g/mol. The lowest BCUT2D eigenvalue weighted by atomic mass is 9.80. The van der Waals surface area contributed by atoms with Crippen LogP contribution in [-0.2, 0) is 17.3 Å². The summed E-state index contributed by atoms with van der Waals surface area (Å²) in [6.45, 7) is 18.5. The van der Waals surface area contributed by atoms with Crippen LogP contribution >= 0.6 is 0 Å². The van der Waals surface area contributed by atoms with E-state index < -0.39 is 0 Å². The number of rotatable bonds is 10. The molecule has 16 aromatic rings. The summed E-state index contributed by atoms with van der Waals surface area (Å²) in [6.07, 6.45) is 15.9. The van der Waals surface area contributed by atoms with E-state index in [0.717, 1.165) is 64.5 Å². The Balaban J connectivity index is 0.647. The number of piperidine rings is 4. The molecule has 0 bridgehead atoms. The van der Waals surface area contributed by atoms with Gasteiger partial charge in [0.15, 0.2) is 0 Å². The van der Waals surface area contributed by atoms with Crippen molar-refractivity contribution in [2.24, 2.45) is 0 Å². The topological polar surface area (TPSA) is 21.1 Å². The fourth-order valence-corrected chi connectivity index (χ4v) is 22.5. The summed E-state index contributed by atoms with van der Waals surface area (Å²) in [4.78, 5) is 13.3. The number of para-hydroxylation sites is 3. The zero-order valence-corrected chi connectivity index (χ0v) is 66.9. The fourth-order valence-electron chi connectivity index (χ4n) is 22.5. The second kappa shape index (κ2) is 26.9. The van der Waals surface area contributed by atoms with Crippen molar-refractivity contribution in [2.45, 2.75) is 122 Å². The van der Waals surface area contributed by atoms with E-state index in [1.54, 1.807) is 0 Å². The van der Waals surface area contributed by atoms with Crippen LogP contribution in [0.15, 0.2) is 267 Å². The lowest BCUT2D eigenvalue weighted by Gasteiger charge is -2.36. The van der Waals surface area contributed by atoms with Crippen LogP contribution in [0.25, 0.3) is 137 Å². The second-order valence-corrected chi connectivity index (χ2v) is 35.6. The van der Waals surface area contributed by atoms with E-state index in [1.807, 2.05) is 0 Å². The number of aromatic nitrogens is 1. The third-order valence-corrected chi connectivity index (χ3v) is 28.3. The highest BCUT2D eigenvalue weighted by atomic mass is 15.2. The Kier molecular flexibility index (Phi) is 16.1. The SMILES string of the molecule is CC1(C)c2ccccc2-c2ccc(-c3c4ccc(N5CCCCC5)cc4c(-c4ccc5c(c4)c4ccccc4n5-c4cccc(-c5ccc6c(c5)C(C)(C)c5cc(-c7c8cc(N9CCCCC9)ccc8c(N8c9ccccc9Cc9ccccc98)c8cc(N9CCCCC9)ccc78)ccc5-6)c4)c4ccc(N5CCCCC5)cc34)cc21. The zero-order chi connectivity index (χ0) is 76.4. The fraction of sp³-hybridized carbons (Fsp3) is 0.248. The van der Waals surface area contributed by atoms with Gasteiger partial charge < -0.3 is 29.1 Å². The van der Waals surface area contributed by atoms with E-state index in [9.17, 15) is 0 Å². The number of hydrogen-bond donors (Lipinski definition) is 0. The normalized spacial score (nSPS) is 16.9. The summed E-state index contributed by atoms with van der Waals surface area (Å²) in [7, 11) is 0. The van der Waals surface area contributed by atoms with E-state index in [-0.39, 0.29) is 10.8 Å². The van der Waals surface area contributed by atoms with Crippen molar-refractivity contribution in [3.63, 3.8) is 0 Å². The minimum absolute atomic E-state index is 0.126. The van der Waals surface area contributed by atoms with E-state index in [4.69, 9.17) is 0 Å². The van der Waals surface area contributed by atoms with Crippen molar-refractivity contribution in [1.82, 2.24) is 4.57 Å². The van der Waals surface area contributed by atoms with Crippen LogP contribution in [0, 0.1) is 0 Å². The minimum atomic E-state index is -0.292. The first-order valence-electron chi connectivity index (χ1n) is 43.3. The zero-order valence-electron chi connectivity index (χ0n) is 66.9. The summed E-state index contributed by atoms with van der Waals surface area (Å²) in [5.74, 6) is 0. The second-order valence-electron chi connectivity index (χ2n) is 35.6. The molecule has 15 aromatic carbocycles. The van der Waals surface area contributed by atoms with Crippen LogP contribution in [0.5, 0.6) is 0 Å². The first kappa shape index (κ1) is 68.7. The van der Waals surface area contributed by atoms with Gasteiger partial charge in [0.05, 0.1) is 16.7 Å². The molecule has 0 atom stereocenters. The molecule has 0 spiro atoms. The average molecular weight is 1490 g/mol. The summed E-state index contributed by atoms with van der Waals surface area (Å²) < 4.78 is 2.53. The van der Waals surface area contributed by atoms with Crippen LogP contribution in [0.3, 0.4) is 0 Å². The quantitative estimate of drug-likeness (QED) is 0.127. The molecule has 5 aliphatic heterocycles.